The summed E-state index contributed by atoms with van der Waals surface area (Å²) in [4.78, 5) is 6.90. The Labute approximate surface area is 118 Å². The van der Waals surface area contributed by atoms with Gasteiger partial charge in [-0.3, -0.25) is 4.99 Å². The number of piperidine rings is 1. The van der Waals surface area contributed by atoms with E-state index in [9.17, 15) is 0 Å². The normalized spacial score (nSPS) is 26.6. The standard InChI is InChI=1S/C15H30N4/c1-13-6-5-10-19(12-13)11-9-17-15(16-2)18-14-7-3-4-8-14/h13-14H,3-12H2,1-2H3,(H2,16,17,18). The fraction of sp³-hybridized carbons (Fsp3) is 0.933. The van der Waals surface area contributed by atoms with E-state index in [1.807, 2.05) is 7.05 Å². The minimum absolute atomic E-state index is 0.640. The summed E-state index contributed by atoms with van der Waals surface area (Å²) in [6, 6.07) is 0.640. The first-order valence-corrected chi connectivity index (χ1v) is 7.97. The Bertz CT molecular complexity index is 284. The van der Waals surface area contributed by atoms with E-state index in [2.05, 4.69) is 27.4 Å². The highest BCUT2D eigenvalue weighted by atomic mass is 15.2. The van der Waals surface area contributed by atoms with Crippen molar-refractivity contribution < 1.29 is 0 Å². The average Bonchev–Trinajstić information content (AvgIpc) is 2.90. The molecule has 0 aromatic heterocycles. The van der Waals surface area contributed by atoms with Crippen molar-refractivity contribution in [1.29, 1.82) is 0 Å². The van der Waals surface area contributed by atoms with E-state index < -0.39 is 0 Å². The molecule has 19 heavy (non-hydrogen) atoms. The second-order valence-corrected chi connectivity index (χ2v) is 6.17. The lowest BCUT2D eigenvalue weighted by molar-refractivity contribution is 0.187. The third-order valence-electron chi connectivity index (χ3n) is 4.38. The predicted octanol–water partition coefficient (Wildman–Crippen LogP) is 1.83. The Balaban J connectivity index is 1.62. The molecule has 4 nitrogen and oxygen atoms in total. The van der Waals surface area contributed by atoms with E-state index in [-0.39, 0.29) is 0 Å². The zero-order valence-electron chi connectivity index (χ0n) is 12.6. The van der Waals surface area contributed by atoms with Crippen molar-refractivity contribution in [3.05, 3.63) is 0 Å². The first-order valence-electron chi connectivity index (χ1n) is 7.97. The van der Waals surface area contributed by atoms with Crippen LogP contribution < -0.4 is 10.6 Å². The molecule has 1 aliphatic heterocycles. The lowest BCUT2D eigenvalue weighted by atomic mass is 10.0. The minimum Gasteiger partial charge on any atom is -0.355 e. The molecular formula is C15H30N4. The van der Waals surface area contributed by atoms with Gasteiger partial charge < -0.3 is 15.5 Å². The van der Waals surface area contributed by atoms with E-state index in [0.717, 1.165) is 25.0 Å². The number of nitrogens with zero attached hydrogens (tertiary/aromatic N) is 2. The Morgan fingerprint density at radius 3 is 2.68 bits per heavy atom. The lowest BCUT2D eigenvalue weighted by Crippen LogP contribution is -2.46. The molecule has 1 saturated heterocycles. The maximum absolute atomic E-state index is 4.33. The van der Waals surface area contributed by atoms with Gasteiger partial charge in [-0.2, -0.15) is 0 Å². The number of guanidine groups is 1. The van der Waals surface area contributed by atoms with Crippen molar-refractivity contribution in [2.24, 2.45) is 10.9 Å². The lowest BCUT2D eigenvalue weighted by Gasteiger charge is -2.31. The molecule has 1 aliphatic carbocycles. The number of nitrogens with one attached hydrogen (secondary N) is 2. The van der Waals surface area contributed by atoms with Crippen LogP contribution in [0.4, 0.5) is 0 Å². The van der Waals surface area contributed by atoms with Crippen LogP contribution in [-0.4, -0.2) is 50.1 Å². The molecule has 0 aromatic carbocycles. The summed E-state index contributed by atoms with van der Waals surface area (Å²) in [6.45, 7) is 7.02. The van der Waals surface area contributed by atoms with Crippen molar-refractivity contribution in [2.75, 3.05) is 33.2 Å². The average molecular weight is 266 g/mol. The topological polar surface area (TPSA) is 39.7 Å². The van der Waals surface area contributed by atoms with Gasteiger partial charge in [-0.05, 0) is 38.1 Å². The fourth-order valence-electron chi connectivity index (χ4n) is 3.28. The SMILES string of the molecule is CN=C(NCCN1CCCC(C)C1)NC1CCCC1. The van der Waals surface area contributed by atoms with Gasteiger partial charge in [0.05, 0.1) is 0 Å². The molecule has 2 N–H and O–H groups in total. The summed E-state index contributed by atoms with van der Waals surface area (Å²) in [5.41, 5.74) is 0. The van der Waals surface area contributed by atoms with Crippen molar-refractivity contribution in [3.8, 4) is 0 Å². The molecule has 4 heteroatoms. The largest absolute Gasteiger partial charge is 0.355 e. The van der Waals surface area contributed by atoms with Crippen molar-refractivity contribution in [2.45, 2.75) is 51.5 Å². The van der Waals surface area contributed by atoms with Gasteiger partial charge in [-0.15, -0.1) is 0 Å². The maximum Gasteiger partial charge on any atom is 0.191 e. The first-order chi connectivity index (χ1) is 9.28. The molecule has 0 bridgehead atoms. The van der Waals surface area contributed by atoms with Gasteiger partial charge in [-0.1, -0.05) is 19.8 Å². The van der Waals surface area contributed by atoms with Crippen molar-refractivity contribution >= 4 is 5.96 Å². The van der Waals surface area contributed by atoms with E-state index in [4.69, 9.17) is 0 Å². The Kier molecular flexibility index (Phi) is 5.95. The molecule has 2 rings (SSSR count). The van der Waals surface area contributed by atoms with E-state index in [1.165, 1.54) is 51.6 Å². The Morgan fingerprint density at radius 2 is 2.00 bits per heavy atom. The molecule has 0 radical (unpaired) electrons. The second-order valence-electron chi connectivity index (χ2n) is 6.17. The Hall–Kier alpha value is -0.770. The van der Waals surface area contributed by atoms with Crippen LogP contribution in [-0.2, 0) is 0 Å². The van der Waals surface area contributed by atoms with Gasteiger partial charge in [0.1, 0.15) is 0 Å². The number of likely N-dealkylation sites (tertiary alicyclic amines) is 1. The highest BCUT2D eigenvalue weighted by molar-refractivity contribution is 5.79. The molecule has 1 heterocycles. The van der Waals surface area contributed by atoms with Gasteiger partial charge in [-0.25, -0.2) is 0 Å². The molecule has 1 atom stereocenters. The molecule has 2 fully saturated rings. The summed E-state index contributed by atoms with van der Waals surface area (Å²) < 4.78 is 0. The van der Waals surface area contributed by atoms with E-state index >= 15 is 0 Å². The van der Waals surface area contributed by atoms with Crippen LogP contribution >= 0.6 is 0 Å². The minimum atomic E-state index is 0.640. The fourth-order valence-corrected chi connectivity index (χ4v) is 3.28. The molecule has 1 saturated carbocycles. The van der Waals surface area contributed by atoms with Crippen LogP contribution in [0.1, 0.15) is 45.4 Å². The molecule has 0 spiro atoms. The van der Waals surface area contributed by atoms with Gasteiger partial charge in [0, 0.05) is 32.7 Å². The number of aliphatic imine (C=N–C) groups is 1. The quantitative estimate of drug-likeness (QED) is 0.602. The highest BCUT2D eigenvalue weighted by Gasteiger charge is 2.17. The number of hydrogen-bond donors (Lipinski definition) is 2. The van der Waals surface area contributed by atoms with E-state index in [0.29, 0.717) is 6.04 Å². The highest BCUT2D eigenvalue weighted by Crippen LogP contribution is 2.17. The summed E-state index contributed by atoms with van der Waals surface area (Å²) in [5, 5.41) is 6.99. The molecule has 0 amide bonds. The summed E-state index contributed by atoms with van der Waals surface area (Å²) in [6.07, 6.45) is 8.07. The second kappa shape index (κ2) is 7.73. The third kappa shape index (κ3) is 5.01. The van der Waals surface area contributed by atoms with Gasteiger partial charge in [0.25, 0.3) is 0 Å². The van der Waals surface area contributed by atoms with Crippen LogP contribution in [0.15, 0.2) is 4.99 Å². The molecule has 110 valence electrons. The van der Waals surface area contributed by atoms with Gasteiger partial charge >= 0.3 is 0 Å². The smallest absolute Gasteiger partial charge is 0.191 e. The van der Waals surface area contributed by atoms with Gasteiger partial charge in [0.2, 0.25) is 0 Å². The predicted molar refractivity (Wildman–Crippen MR) is 81.6 cm³/mol. The maximum atomic E-state index is 4.33. The monoisotopic (exact) mass is 266 g/mol. The molecule has 0 aromatic rings. The molecule has 2 aliphatic rings. The summed E-state index contributed by atoms with van der Waals surface area (Å²) in [7, 11) is 1.87. The zero-order chi connectivity index (χ0) is 13.5. The van der Waals surface area contributed by atoms with Gasteiger partial charge in [0.15, 0.2) is 5.96 Å². The van der Waals surface area contributed by atoms with E-state index in [1.54, 1.807) is 0 Å². The Morgan fingerprint density at radius 1 is 1.21 bits per heavy atom. The first kappa shape index (κ1) is 14.6. The van der Waals surface area contributed by atoms with Crippen LogP contribution in [0.3, 0.4) is 0 Å². The van der Waals surface area contributed by atoms with Crippen molar-refractivity contribution in [1.82, 2.24) is 15.5 Å². The van der Waals surface area contributed by atoms with Crippen LogP contribution in [0, 0.1) is 5.92 Å². The summed E-state index contributed by atoms with van der Waals surface area (Å²) >= 11 is 0. The number of hydrogen-bond acceptors (Lipinski definition) is 2. The van der Waals surface area contributed by atoms with Crippen LogP contribution in [0.5, 0.6) is 0 Å². The van der Waals surface area contributed by atoms with Crippen LogP contribution in [0.2, 0.25) is 0 Å². The summed E-state index contributed by atoms with van der Waals surface area (Å²) in [5.74, 6) is 1.85. The molecular weight excluding hydrogens is 236 g/mol. The van der Waals surface area contributed by atoms with Crippen molar-refractivity contribution in [3.63, 3.8) is 0 Å². The number of rotatable bonds is 4. The zero-order valence-corrected chi connectivity index (χ0v) is 12.6. The third-order valence-corrected chi connectivity index (χ3v) is 4.38. The van der Waals surface area contributed by atoms with Crippen LogP contribution in [0.25, 0.3) is 0 Å². The molecule has 1 unspecified atom stereocenters.